The summed E-state index contributed by atoms with van der Waals surface area (Å²) >= 11 is 6.32. The number of methoxy groups -OCH3 is 1. The molecule has 1 saturated heterocycles. The fourth-order valence-corrected chi connectivity index (χ4v) is 4.89. The molecule has 6 nitrogen and oxygen atoms in total. The van der Waals surface area contributed by atoms with E-state index in [1.807, 2.05) is 47.4 Å². The largest absolute Gasteiger partial charge is 0.497 e. The van der Waals surface area contributed by atoms with Gasteiger partial charge in [-0.2, -0.15) is 5.10 Å². The molecule has 1 spiro atoms. The average molecular weight is 426 g/mol. The van der Waals surface area contributed by atoms with Gasteiger partial charge < -0.3 is 14.4 Å². The second-order valence-corrected chi connectivity index (χ2v) is 8.51. The first kappa shape index (κ1) is 19.2. The molecule has 30 heavy (non-hydrogen) atoms. The van der Waals surface area contributed by atoms with Crippen molar-refractivity contribution in [2.45, 2.75) is 38.0 Å². The van der Waals surface area contributed by atoms with Crippen molar-refractivity contribution in [2.75, 3.05) is 20.2 Å². The van der Waals surface area contributed by atoms with Crippen molar-refractivity contribution in [3.05, 3.63) is 58.6 Å². The van der Waals surface area contributed by atoms with Crippen LogP contribution < -0.4 is 9.47 Å². The topological polar surface area (TPSA) is 54.4 Å². The van der Waals surface area contributed by atoms with Crippen LogP contribution in [0.15, 0.2) is 47.6 Å². The highest BCUT2D eigenvalue weighted by molar-refractivity contribution is 6.30. The van der Waals surface area contributed by atoms with E-state index < -0.39 is 5.72 Å². The molecule has 0 saturated carbocycles. The third kappa shape index (κ3) is 3.10. The highest BCUT2D eigenvalue weighted by Gasteiger charge is 2.52. The quantitative estimate of drug-likeness (QED) is 0.722. The van der Waals surface area contributed by atoms with Crippen LogP contribution in [0.5, 0.6) is 11.5 Å². The van der Waals surface area contributed by atoms with Gasteiger partial charge in [-0.05, 0) is 48.0 Å². The summed E-state index contributed by atoms with van der Waals surface area (Å²) in [7, 11) is 1.66. The number of nitrogens with zero attached hydrogens (tertiary/aromatic N) is 3. The van der Waals surface area contributed by atoms with Crippen LogP contribution in [0.3, 0.4) is 0 Å². The first-order chi connectivity index (χ1) is 14.5. The molecule has 2 aromatic rings. The van der Waals surface area contributed by atoms with E-state index in [2.05, 4.69) is 5.01 Å². The normalized spacial score (nSPS) is 21.6. The predicted octanol–water partition coefficient (Wildman–Crippen LogP) is 4.23. The second kappa shape index (κ2) is 7.20. The Kier molecular flexibility index (Phi) is 4.62. The zero-order chi connectivity index (χ0) is 20.9. The van der Waals surface area contributed by atoms with Crippen LogP contribution in [0, 0.1) is 0 Å². The molecule has 7 heteroatoms. The van der Waals surface area contributed by atoms with Crippen molar-refractivity contribution in [2.24, 2.45) is 5.10 Å². The van der Waals surface area contributed by atoms with Crippen LogP contribution in [0.1, 0.15) is 43.4 Å². The molecule has 3 heterocycles. The van der Waals surface area contributed by atoms with E-state index >= 15 is 0 Å². The third-order valence-corrected chi connectivity index (χ3v) is 6.61. The fraction of sp³-hybridized carbons (Fsp3) is 0.391. The van der Waals surface area contributed by atoms with E-state index in [-0.39, 0.29) is 11.9 Å². The SMILES string of the molecule is COc1ccc(C2=NN3[C@@H](C2)c2cc(Cl)ccc2OC32CCN(C(C)=O)CC2)cc1. The maximum atomic E-state index is 11.8. The van der Waals surface area contributed by atoms with Gasteiger partial charge in [-0.25, -0.2) is 5.01 Å². The number of ether oxygens (including phenoxy) is 2. The molecule has 0 aromatic heterocycles. The Bertz CT molecular complexity index is 1010. The summed E-state index contributed by atoms with van der Waals surface area (Å²) in [5, 5.41) is 7.87. The van der Waals surface area contributed by atoms with Gasteiger partial charge in [0.25, 0.3) is 0 Å². The van der Waals surface area contributed by atoms with Gasteiger partial charge >= 0.3 is 0 Å². The fourth-order valence-electron chi connectivity index (χ4n) is 4.71. The van der Waals surface area contributed by atoms with Crippen molar-refractivity contribution in [1.29, 1.82) is 0 Å². The van der Waals surface area contributed by atoms with Gasteiger partial charge in [0.2, 0.25) is 11.6 Å². The highest BCUT2D eigenvalue weighted by Crippen LogP contribution is 2.50. The van der Waals surface area contributed by atoms with Gasteiger partial charge in [0.15, 0.2) is 0 Å². The Hall–Kier alpha value is -2.73. The zero-order valence-corrected chi connectivity index (χ0v) is 17.9. The molecule has 3 aliphatic rings. The number of halogens is 1. The number of piperidine rings is 1. The minimum atomic E-state index is -0.550. The maximum Gasteiger partial charge on any atom is 0.219 e. The van der Waals surface area contributed by atoms with Gasteiger partial charge in [-0.1, -0.05) is 11.6 Å². The average Bonchev–Trinajstić information content (AvgIpc) is 3.22. The zero-order valence-electron chi connectivity index (χ0n) is 17.1. The molecule has 1 fully saturated rings. The van der Waals surface area contributed by atoms with E-state index in [0.717, 1.165) is 34.8 Å². The Morgan fingerprint density at radius 3 is 2.60 bits per heavy atom. The van der Waals surface area contributed by atoms with Crippen LogP contribution in [-0.4, -0.2) is 47.5 Å². The molecule has 1 amide bonds. The van der Waals surface area contributed by atoms with Crippen LogP contribution >= 0.6 is 11.6 Å². The number of fused-ring (bicyclic) bond motifs is 4. The lowest BCUT2D eigenvalue weighted by atomic mass is 9.90. The third-order valence-electron chi connectivity index (χ3n) is 6.37. The molecule has 0 aliphatic carbocycles. The molecule has 0 N–H and O–H groups in total. The standard InChI is InChI=1S/C23H24ClN3O3/c1-15(28)26-11-9-23(10-12-26)27-21(19-13-17(24)5-8-22(19)30-23)14-20(25-27)16-3-6-18(29-2)7-4-16/h3-8,13,21H,9-12,14H2,1-2H3/t21-/m0/s1. The number of hydrogen-bond donors (Lipinski definition) is 0. The number of amides is 1. The molecule has 0 unspecified atom stereocenters. The highest BCUT2D eigenvalue weighted by atomic mass is 35.5. The predicted molar refractivity (Wildman–Crippen MR) is 115 cm³/mol. The summed E-state index contributed by atoms with van der Waals surface area (Å²) < 4.78 is 11.9. The van der Waals surface area contributed by atoms with Crippen molar-refractivity contribution in [3.63, 3.8) is 0 Å². The lowest BCUT2D eigenvalue weighted by molar-refractivity contribution is -0.158. The minimum absolute atomic E-state index is 0.0634. The number of carbonyl (C=O) groups excluding carboxylic acids is 1. The molecular formula is C23H24ClN3O3. The Labute approximate surface area is 181 Å². The monoisotopic (exact) mass is 425 g/mol. The summed E-state index contributed by atoms with van der Waals surface area (Å²) in [6.45, 7) is 2.94. The second-order valence-electron chi connectivity index (χ2n) is 8.08. The van der Waals surface area contributed by atoms with Crippen molar-refractivity contribution in [1.82, 2.24) is 9.91 Å². The van der Waals surface area contributed by atoms with Crippen LogP contribution in [0.4, 0.5) is 0 Å². The minimum Gasteiger partial charge on any atom is -0.497 e. The maximum absolute atomic E-state index is 11.8. The summed E-state index contributed by atoms with van der Waals surface area (Å²) in [5.74, 6) is 1.79. The first-order valence-corrected chi connectivity index (χ1v) is 10.6. The molecule has 2 aromatic carbocycles. The molecule has 5 rings (SSSR count). The molecule has 0 radical (unpaired) electrons. The molecule has 0 bridgehead atoms. The lowest BCUT2D eigenvalue weighted by Gasteiger charge is -2.51. The Morgan fingerprint density at radius 2 is 1.93 bits per heavy atom. The van der Waals surface area contributed by atoms with Gasteiger partial charge in [0.1, 0.15) is 11.5 Å². The number of hydrogen-bond acceptors (Lipinski definition) is 5. The van der Waals surface area contributed by atoms with Gasteiger partial charge in [0.05, 0.1) is 18.9 Å². The number of carbonyl (C=O) groups is 1. The van der Waals surface area contributed by atoms with E-state index in [4.69, 9.17) is 26.2 Å². The number of likely N-dealkylation sites (tertiary alicyclic amines) is 1. The summed E-state index contributed by atoms with van der Waals surface area (Å²) in [4.78, 5) is 13.7. The number of rotatable bonds is 2. The van der Waals surface area contributed by atoms with Gasteiger partial charge in [-0.3, -0.25) is 4.79 Å². The van der Waals surface area contributed by atoms with E-state index in [1.165, 1.54) is 0 Å². The first-order valence-electron chi connectivity index (χ1n) is 10.2. The van der Waals surface area contributed by atoms with Crippen LogP contribution in [0.2, 0.25) is 5.02 Å². The molecule has 3 aliphatic heterocycles. The summed E-state index contributed by atoms with van der Waals surface area (Å²) in [6.07, 6.45) is 2.20. The summed E-state index contributed by atoms with van der Waals surface area (Å²) in [5.41, 5.74) is 2.61. The smallest absolute Gasteiger partial charge is 0.219 e. The van der Waals surface area contributed by atoms with E-state index in [1.54, 1.807) is 14.0 Å². The number of hydrazone groups is 1. The molecule has 1 atom stereocenters. The van der Waals surface area contributed by atoms with Crippen molar-refractivity contribution < 1.29 is 14.3 Å². The van der Waals surface area contributed by atoms with E-state index in [0.29, 0.717) is 31.0 Å². The van der Waals surface area contributed by atoms with Gasteiger partial charge in [-0.15, -0.1) is 0 Å². The number of benzene rings is 2. The van der Waals surface area contributed by atoms with Crippen molar-refractivity contribution >= 4 is 23.2 Å². The van der Waals surface area contributed by atoms with Crippen LogP contribution in [-0.2, 0) is 4.79 Å². The van der Waals surface area contributed by atoms with Crippen molar-refractivity contribution in [3.8, 4) is 11.5 Å². The lowest BCUT2D eigenvalue weighted by Crippen LogP contribution is -2.59. The Balaban J connectivity index is 1.53. The van der Waals surface area contributed by atoms with Crippen LogP contribution in [0.25, 0.3) is 0 Å². The molecule has 156 valence electrons. The van der Waals surface area contributed by atoms with Gasteiger partial charge in [0, 0.05) is 49.9 Å². The Morgan fingerprint density at radius 1 is 1.20 bits per heavy atom. The molecular weight excluding hydrogens is 402 g/mol. The van der Waals surface area contributed by atoms with E-state index in [9.17, 15) is 4.79 Å². The summed E-state index contributed by atoms with van der Waals surface area (Å²) in [6, 6.07) is 13.9.